The van der Waals surface area contributed by atoms with Gasteiger partial charge in [-0.2, -0.15) is 0 Å². The van der Waals surface area contributed by atoms with E-state index in [4.69, 9.17) is 14.5 Å². The van der Waals surface area contributed by atoms with E-state index >= 15 is 0 Å². The molecule has 0 aliphatic carbocycles. The number of hydrogen-bond acceptors (Lipinski definition) is 7. The number of aromatic nitrogens is 2. The Hall–Kier alpha value is -3.30. The molecular weight excluding hydrogens is 488 g/mol. The molecule has 1 atom stereocenters. The summed E-state index contributed by atoms with van der Waals surface area (Å²) in [5.41, 5.74) is 3.20. The third kappa shape index (κ3) is 4.51. The lowest BCUT2D eigenvalue weighted by Crippen LogP contribution is -2.32. The molecule has 3 aromatic rings. The molecule has 1 unspecified atom stereocenters. The summed E-state index contributed by atoms with van der Waals surface area (Å²) >= 11 is 0. The van der Waals surface area contributed by atoms with Crippen LogP contribution in [0.2, 0.25) is 25.7 Å². The van der Waals surface area contributed by atoms with Crippen LogP contribution >= 0.6 is 0 Å². The summed E-state index contributed by atoms with van der Waals surface area (Å²) in [6, 6.07) is 8.29. The molecule has 2 aromatic heterocycles. The molecule has 194 valence electrons. The molecular formula is C28H32N2O6Si. The van der Waals surface area contributed by atoms with Gasteiger partial charge in [-0.25, -0.2) is 4.98 Å². The first-order chi connectivity index (χ1) is 17.4. The van der Waals surface area contributed by atoms with Crippen LogP contribution in [0.5, 0.6) is 5.75 Å². The second-order valence-electron chi connectivity index (χ2n) is 11.3. The van der Waals surface area contributed by atoms with Gasteiger partial charge in [-0.05, 0) is 48.2 Å². The van der Waals surface area contributed by atoms with E-state index in [2.05, 4.69) is 19.6 Å². The molecule has 37 heavy (non-hydrogen) atoms. The number of rotatable bonds is 5. The second-order valence-corrected chi connectivity index (χ2v) is 16.9. The van der Waals surface area contributed by atoms with Gasteiger partial charge in [0.05, 0.1) is 35.4 Å². The molecule has 0 saturated heterocycles. The number of carbonyl (C=O) groups excluding carboxylic acids is 2. The first-order valence-electron chi connectivity index (χ1n) is 12.7. The lowest BCUT2D eigenvalue weighted by molar-refractivity contribution is -0.149. The highest BCUT2D eigenvalue weighted by Crippen LogP contribution is 2.41. The fourth-order valence-corrected chi connectivity index (χ4v) is 6.35. The highest BCUT2D eigenvalue weighted by atomic mass is 28.3. The van der Waals surface area contributed by atoms with E-state index in [1.165, 1.54) is 6.92 Å². The Balaban J connectivity index is 1.75. The molecule has 2 aliphatic heterocycles. The number of aryl methyl sites for hydroxylation is 1. The molecule has 5 rings (SSSR count). The highest BCUT2D eigenvalue weighted by molar-refractivity contribution is 6.76. The lowest BCUT2D eigenvalue weighted by atomic mass is 9.85. The Bertz CT molecular complexity index is 1520. The van der Waals surface area contributed by atoms with Crippen molar-refractivity contribution >= 4 is 30.9 Å². The maximum absolute atomic E-state index is 13.7. The van der Waals surface area contributed by atoms with E-state index in [1.807, 2.05) is 18.2 Å². The summed E-state index contributed by atoms with van der Waals surface area (Å²) in [4.78, 5) is 42.5. The monoisotopic (exact) mass is 520 g/mol. The third-order valence-corrected chi connectivity index (χ3v) is 9.17. The van der Waals surface area contributed by atoms with E-state index < -0.39 is 19.6 Å². The fraction of sp³-hybridized carbons (Fsp3) is 0.429. The fourth-order valence-electron chi connectivity index (χ4n) is 5.35. The van der Waals surface area contributed by atoms with Crippen molar-refractivity contribution in [2.24, 2.45) is 0 Å². The molecule has 4 heterocycles. The Kier molecular flexibility index (Phi) is 6.11. The maximum atomic E-state index is 13.7. The van der Waals surface area contributed by atoms with Gasteiger partial charge in [0, 0.05) is 25.9 Å². The molecule has 0 fully saturated rings. The first kappa shape index (κ1) is 25.4. The summed E-state index contributed by atoms with van der Waals surface area (Å²) in [5, 5.41) is 12.3. The number of nitrogens with zero attached hydrogens (tertiary/aromatic N) is 2. The Morgan fingerprint density at radius 1 is 1.22 bits per heavy atom. The van der Waals surface area contributed by atoms with Gasteiger partial charge in [0.2, 0.25) is 0 Å². The van der Waals surface area contributed by atoms with Crippen molar-refractivity contribution in [2.75, 3.05) is 0 Å². The second kappa shape index (κ2) is 8.92. The topological polar surface area (TPSA) is 108 Å². The van der Waals surface area contributed by atoms with E-state index in [-0.39, 0.29) is 31.0 Å². The number of fused-ring (bicyclic) bond motifs is 5. The zero-order valence-corrected chi connectivity index (χ0v) is 22.9. The van der Waals surface area contributed by atoms with Gasteiger partial charge in [-0.3, -0.25) is 14.4 Å². The van der Waals surface area contributed by atoms with Crippen molar-refractivity contribution < 1.29 is 24.2 Å². The average molecular weight is 521 g/mol. The first-order valence-corrected chi connectivity index (χ1v) is 16.4. The number of carbonyl (C=O) groups is 2. The van der Waals surface area contributed by atoms with Crippen molar-refractivity contribution in [2.45, 2.75) is 77.5 Å². The number of pyridine rings is 2. The summed E-state index contributed by atoms with van der Waals surface area (Å²) < 4.78 is 12.3. The van der Waals surface area contributed by atoms with Gasteiger partial charge < -0.3 is 19.1 Å². The molecule has 1 N–H and O–H groups in total. The van der Waals surface area contributed by atoms with Crippen molar-refractivity contribution in [1.82, 2.24) is 9.55 Å². The lowest BCUT2D eigenvalue weighted by Gasteiger charge is -2.26. The van der Waals surface area contributed by atoms with Crippen LogP contribution in [0.1, 0.15) is 48.9 Å². The van der Waals surface area contributed by atoms with E-state index in [9.17, 15) is 19.5 Å². The van der Waals surface area contributed by atoms with Crippen molar-refractivity contribution in [3.05, 3.63) is 56.9 Å². The van der Waals surface area contributed by atoms with Crippen molar-refractivity contribution in [3.8, 4) is 17.1 Å². The Morgan fingerprint density at radius 2 is 1.97 bits per heavy atom. The maximum Gasteiger partial charge on any atom is 0.309 e. The normalized spacial score (nSPS) is 18.6. The van der Waals surface area contributed by atoms with E-state index in [0.717, 1.165) is 34.5 Å². The standard InChI is InChI=1S/C28H32N2O6Si/c1-6-28(34)13-25(32)35-15-21-22(28)12-24-26-20(14-30(24)27(21)33)18(9-10-37(3,4)5)19-11-17(36-16(2)31)7-8-23(19)29-26/h7-8,11-12,34H,6,9-10,13-15H2,1-5H3. The van der Waals surface area contributed by atoms with E-state index in [1.54, 1.807) is 17.6 Å². The SMILES string of the molecule is CCC1(O)CC(=O)OCc2c1cc1n(c2=O)Cc2c-1nc1ccc(OC(C)=O)cc1c2CC[Si](C)(C)C. The molecule has 8 nitrogen and oxygen atoms in total. The summed E-state index contributed by atoms with van der Waals surface area (Å²) in [6.07, 6.45) is 0.897. The van der Waals surface area contributed by atoms with Crippen molar-refractivity contribution in [1.29, 1.82) is 0 Å². The molecule has 9 heteroatoms. The molecule has 0 spiro atoms. The zero-order valence-electron chi connectivity index (χ0n) is 21.9. The van der Waals surface area contributed by atoms with Gasteiger partial charge in [-0.15, -0.1) is 0 Å². The van der Waals surface area contributed by atoms with Gasteiger partial charge in [-0.1, -0.05) is 32.6 Å². The largest absolute Gasteiger partial charge is 0.460 e. The molecule has 0 bridgehead atoms. The minimum Gasteiger partial charge on any atom is -0.460 e. The summed E-state index contributed by atoms with van der Waals surface area (Å²) in [5.74, 6) is -0.446. The van der Waals surface area contributed by atoms with Gasteiger partial charge in [0.15, 0.2) is 0 Å². The highest BCUT2D eigenvalue weighted by Gasteiger charge is 2.39. The predicted octanol–water partition coefficient (Wildman–Crippen LogP) is 4.28. The van der Waals surface area contributed by atoms with Crippen LogP contribution in [-0.4, -0.2) is 34.7 Å². The van der Waals surface area contributed by atoms with Crippen LogP contribution in [0.15, 0.2) is 29.1 Å². The van der Waals surface area contributed by atoms with Gasteiger partial charge in [0.1, 0.15) is 18.0 Å². The molecule has 0 radical (unpaired) electrons. The Labute approximate surface area is 216 Å². The van der Waals surface area contributed by atoms with Gasteiger partial charge >= 0.3 is 11.9 Å². The number of benzene rings is 1. The van der Waals surface area contributed by atoms with E-state index in [0.29, 0.717) is 34.8 Å². The Morgan fingerprint density at radius 3 is 2.65 bits per heavy atom. The number of cyclic esters (lactones) is 1. The van der Waals surface area contributed by atoms with Crippen LogP contribution in [-0.2, 0) is 39.5 Å². The molecule has 0 amide bonds. The van der Waals surface area contributed by atoms with Gasteiger partial charge in [0.25, 0.3) is 5.56 Å². The van der Waals surface area contributed by atoms with Crippen molar-refractivity contribution in [3.63, 3.8) is 0 Å². The number of aliphatic hydroxyl groups is 1. The van der Waals surface area contributed by atoms with Crippen LogP contribution in [0.3, 0.4) is 0 Å². The number of hydrogen-bond donors (Lipinski definition) is 1. The van der Waals surface area contributed by atoms with Crippen LogP contribution < -0.4 is 10.3 Å². The van der Waals surface area contributed by atoms with Crippen LogP contribution in [0.4, 0.5) is 0 Å². The third-order valence-electron chi connectivity index (χ3n) is 7.42. The predicted molar refractivity (Wildman–Crippen MR) is 142 cm³/mol. The average Bonchev–Trinajstić information content (AvgIpc) is 3.12. The smallest absolute Gasteiger partial charge is 0.309 e. The zero-order chi connectivity index (χ0) is 26.7. The minimum absolute atomic E-state index is 0.157. The summed E-state index contributed by atoms with van der Waals surface area (Å²) in [7, 11) is -1.40. The quantitative estimate of drug-likeness (QED) is 0.238. The van der Waals surface area contributed by atoms with Crippen LogP contribution in [0, 0.1) is 0 Å². The minimum atomic E-state index is -1.48. The molecule has 2 aliphatic rings. The number of esters is 2. The number of ether oxygens (including phenoxy) is 2. The summed E-state index contributed by atoms with van der Waals surface area (Å²) in [6.45, 7) is 10.3. The molecule has 0 saturated carbocycles. The van der Waals surface area contributed by atoms with Crippen LogP contribution in [0.25, 0.3) is 22.3 Å². The molecule has 1 aromatic carbocycles.